The highest BCUT2D eigenvalue weighted by molar-refractivity contribution is 7.92. The molecule has 2 aromatic rings. The van der Waals surface area contributed by atoms with E-state index in [9.17, 15) is 13.2 Å². The van der Waals surface area contributed by atoms with Crippen LogP contribution in [0.5, 0.6) is 0 Å². The first kappa shape index (κ1) is 17.9. The third-order valence-electron chi connectivity index (χ3n) is 3.04. The summed E-state index contributed by atoms with van der Waals surface area (Å²) in [5.74, 6) is 0.226. The molecule has 0 unspecified atom stereocenters. The number of anilines is 2. The molecule has 128 valence electrons. The summed E-state index contributed by atoms with van der Waals surface area (Å²) in [6.45, 7) is 5.50. The maximum Gasteiger partial charge on any atom is 0.264 e. The number of hydrogen-bond acceptors (Lipinski definition) is 5. The van der Waals surface area contributed by atoms with Crippen LogP contribution >= 0.6 is 0 Å². The molecule has 2 rings (SSSR count). The average Bonchev–Trinajstić information content (AvgIpc) is 2.46. The van der Waals surface area contributed by atoms with Crippen LogP contribution in [0.3, 0.4) is 0 Å². The molecule has 1 aromatic heterocycles. The van der Waals surface area contributed by atoms with Crippen molar-refractivity contribution < 1.29 is 13.2 Å². The number of amides is 1. The average molecular weight is 348 g/mol. The van der Waals surface area contributed by atoms with Crippen molar-refractivity contribution in [2.24, 2.45) is 5.92 Å². The van der Waals surface area contributed by atoms with E-state index in [1.165, 1.54) is 37.4 Å². The number of carbonyl (C=O) groups is 1. The van der Waals surface area contributed by atoms with Crippen LogP contribution < -0.4 is 10.0 Å². The topological polar surface area (TPSA) is 101 Å². The molecule has 0 saturated carbocycles. The summed E-state index contributed by atoms with van der Waals surface area (Å²) in [5.41, 5.74) is 1.30. The van der Waals surface area contributed by atoms with Gasteiger partial charge in [0.25, 0.3) is 10.0 Å². The minimum absolute atomic E-state index is 0.0408. The molecule has 1 heterocycles. The van der Waals surface area contributed by atoms with Crippen LogP contribution in [0.2, 0.25) is 0 Å². The molecule has 0 radical (unpaired) electrons. The Hall–Kier alpha value is -2.48. The predicted molar refractivity (Wildman–Crippen MR) is 92.1 cm³/mol. The molecule has 1 amide bonds. The Morgan fingerprint density at radius 2 is 1.83 bits per heavy atom. The van der Waals surface area contributed by atoms with Crippen molar-refractivity contribution in [2.45, 2.75) is 32.1 Å². The molecule has 7 nitrogen and oxygen atoms in total. The highest BCUT2D eigenvalue weighted by Gasteiger charge is 2.16. The number of rotatable bonds is 6. The molecular formula is C16H20N4O3S. The molecule has 0 aliphatic rings. The second kappa shape index (κ2) is 7.39. The first-order valence-electron chi connectivity index (χ1n) is 7.48. The molecule has 0 aliphatic heterocycles. The molecule has 0 bridgehead atoms. The molecule has 24 heavy (non-hydrogen) atoms. The van der Waals surface area contributed by atoms with Crippen LogP contribution in [0, 0.1) is 5.92 Å². The quantitative estimate of drug-likeness (QED) is 0.835. The Morgan fingerprint density at radius 1 is 1.17 bits per heavy atom. The number of benzene rings is 1. The van der Waals surface area contributed by atoms with E-state index in [2.05, 4.69) is 33.9 Å². The number of aromatic nitrogens is 2. The summed E-state index contributed by atoms with van der Waals surface area (Å²) in [6, 6.07) is 7.62. The number of nitrogens with one attached hydrogen (secondary N) is 2. The van der Waals surface area contributed by atoms with E-state index in [-0.39, 0.29) is 16.8 Å². The fourth-order valence-electron chi connectivity index (χ4n) is 2.08. The molecule has 1 aromatic carbocycles. The van der Waals surface area contributed by atoms with E-state index in [1.54, 1.807) is 6.07 Å². The molecule has 0 aliphatic carbocycles. The maximum absolute atomic E-state index is 12.4. The second-order valence-corrected chi connectivity index (χ2v) is 7.46. The van der Waals surface area contributed by atoms with Crippen molar-refractivity contribution in [1.29, 1.82) is 0 Å². The third kappa shape index (κ3) is 5.02. The van der Waals surface area contributed by atoms with Gasteiger partial charge < -0.3 is 5.32 Å². The van der Waals surface area contributed by atoms with Crippen molar-refractivity contribution >= 4 is 27.6 Å². The molecule has 0 saturated heterocycles. The molecule has 0 fully saturated rings. The summed E-state index contributed by atoms with van der Waals surface area (Å²) in [6.07, 6.45) is 2.27. The lowest BCUT2D eigenvalue weighted by molar-refractivity contribution is -0.114. The van der Waals surface area contributed by atoms with Crippen LogP contribution in [0.25, 0.3) is 0 Å². The van der Waals surface area contributed by atoms with Crippen LogP contribution in [0.4, 0.5) is 11.6 Å². The maximum atomic E-state index is 12.4. The van der Waals surface area contributed by atoms with Gasteiger partial charge in [-0.15, -0.1) is 0 Å². The largest absolute Gasteiger partial charge is 0.326 e. The van der Waals surface area contributed by atoms with Crippen LogP contribution in [-0.2, 0) is 21.2 Å². The highest BCUT2D eigenvalue weighted by Crippen LogP contribution is 2.17. The van der Waals surface area contributed by atoms with E-state index in [4.69, 9.17) is 0 Å². The van der Waals surface area contributed by atoms with E-state index in [1.807, 2.05) is 0 Å². The third-order valence-corrected chi connectivity index (χ3v) is 4.39. The van der Waals surface area contributed by atoms with Gasteiger partial charge in [0, 0.05) is 24.5 Å². The zero-order valence-electron chi connectivity index (χ0n) is 13.8. The molecule has 8 heteroatoms. The normalized spacial score (nSPS) is 11.3. The van der Waals surface area contributed by atoms with Crippen molar-refractivity contribution in [2.75, 3.05) is 10.0 Å². The van der Waals surface area contributed by atoms with Gasteiger partial charge in [0.05, 0.1) is 4.90 Å². The van der Waals surface area contributed by atoms with E-state index >= 15 is 0 Å². The Kier molecular flexibility index (Phi) is 5.50. The van der Waals surface area contributed by atoms with Gasteiger partial charge in [0.1, 0.15) is 0 Å². The number of nitrogens with zero attached hydrogens (tertiary/aromatic N) is 2. The number of sulfonamides is 1. The van der Waals surface area contributed by atoms with E-state index in [0.717, 1.165) is 12.1 Å². The predicted octanol–water partition coefficient (Wildman–Crippen LogP) is 2.43. The van der Waals surface area contributed by atoms with Crippen LogP contribution in [0.1, 0.15) is 26.5 Å². The van der Waals surface area contributed by atoms with E-state index in [0.29, 0.717) is 11.6 Å². The lowest BCUT2D eigenvalue weighted by Gasteiger charge is -2.09. The lowest BCUT2D eigenvalue weighted by Crippen LogP contribution is -2.16. The summed E-state index contributed by atoms with van der Waals surface area (Å²) >= 11 is 0. The van der Waals surface area contributed by atoms with E-state index < -0.39 is 10.0 Å². The van der Waals surface area contributed by atoms with Gasteiger partial charge in [-0.3, -0.25) is 4.79 Å². The Bertz CT molecular complexity index is 817. The molecule has 2 N–H and O–H groups in total. The van der Waals surface area contributed by atoms with Crippen LogP contribution in [0.15, 0.2) is 41.4 Å². The zero-order chi connectivity index (χ0) is 17.7. The van der Waals surface area contributed by atoms with Crippen LogP contribution in [-0.4, -0.2) is 24.3 Å². The monoisotopic (exact) mass is 348 g/mol. The molecule has 0 spiro atoms. The molecular weight excluding hydrogens is 328 g/mol. The fourth-order valence-corrected chi connectivity index (χ4v) is 3.03. The van der Waals surface area contributed by atoms with Crippen molar-refractivity contribution in [1.82, 2.24) is 9.97 Å². The molecule has 0 atom stereocenters. The summed E-state index contributed by atoms with van der Waals surface area (Å²) in [7, 11) is -3.79. The van der Waals surface area contributed by atoms with Gasteiger partial charge in [-0.1, -0.05) is 13.8 Å². The van der Waals surface area contributed by atoms with Gasteiger partial charge in [-0.25, -0.2) is 23.1 Å². The standard InChI is InChI=1S/C16H20N4O3S/c1-11(2)10-14-8-9-17-16(19-14)20-24(22,23)15-6-4-13(5-7-15)18-12(3)21/h4-9,11H,10H2,1-3H3,(H,18,21)(H,17,19,20). The smallest absolute Gasteiger partial charge is 0.264 e. The zero-order valence-corrected chi connectivity index (χ0v) is 14.6. The van der Waals surface area contributed by atoms with Gasteiger partial charge in [-0.05, 0) is 42.7 Å². The van der Waals surface area contributed by atoms with Gasteiger partial charge in [0.2, 0.25) is 11.9 Å². The summed E-state index contributed by atoms with van der Waals surface area (Å²) in [5, 5.41) is 2.58. The number of hydrogen-bond donors (Lipinski definition) is 2. The first-order chi connectivity index (χ1) is 11.3. The first-order valence-corrected chi connectivity index (χ1v) is 8.97. The highest BCUT2D eigenvalue weighted by atomic mass is 32.2. The van der Waals surface area contributed by atoms with Crippen molar-refractivity contribution in [3.63, 3.8) is 0 Å². The Labute approximate surface area is 141 Å². The summed E-state index contributed by atoms with van der Waals surface area (Å²) < 4.78 is 27.2. The SMILES string of the molecule is CC(=O)Nc1ccc(S(=O)(=O)Nc2nccc(CC(C)C)n2)cc1. The summed E-state index contributed by atoms with van der Waals surface area (Å²) in [4.78, 5) is 19.2. The minimum Gasteiger partial charge on any atom is -0.326 e. The minimum atomic E-state index is -3.79. The Balaban J connectivity index is 2.17. The fraction of sp³-hybridized carbons (Fsp3) is 0.312. The Morgan fingerprint density at radius 3 is 2.42 bits per heavy atom. The lowest BCUT2D eigenvalue weighted by atomic mass is 10.1. The van der Waals surface area contributed by atoms with Gasteiger partial charge in [0.15, 0.2) is 0 Å². The number of carbonyl (C=O) groups excluding carboxylic acids is 1. The second-order valence-electron chi connectivity index (χ2n) is 5.78. The van der Waals surface area contributed by atoms with Crippen molar-refractivity contribution in [3.8, 4) is 0 Å². The van der Waals surface area contributed by atoms with Crippen molar-refractivity contribution in [3.05, 3.63) is 42.2 Å². The van der Waals surface area contributed by atoms with Gasteiger partial charge in [-0.2, -0.15) is 0 Å². The van der Waals surface area contributed by atoms with Gasteiger partial charge >= 0.3 is 0 Å².